The van der Waals surface area contributed by atoms with E-state index in [-0.39, 0.29) is 24.1 Å². The van der Waals surface area contributed by atoms with Crippen molar-refractivity contribution < 1.29 is 9.53 Å². The van der Waals surface area contributed by atoms with Crippen LogP contribution in [-0.4, -0.2) is 37.2 Å². The topological polar surface area (TPSA) is 50.4 Å². The molecule has 4 heteroatoms. The van der Waals surface area contributed by atoms with Crippen LogP contribution in [0.5, 0.6) is 0 Å². The van der Waals surface area contributed by atoms with E-state index in [1.807, 2.05) is 6.92 Å². The molecule has 2 fully saturated rings. The molecule has 2 N–H and O–H groups in total. The summed E-state index contributed by atoms with van der Waals surface area (Å²) in [4.78, 5) is 11.6. The fourth-order valence-corrected chi connectivity index (χ4v) is 1.93. The third kappa shape index (κ3) is 2.07. The number of carbonyl (C=O) groups excluding carboxylic acids is 1. The molecule has 0 aromatic rings. The summed E-state index contributed by atoms with van der Waals surface area (Å²) in [6.07, 6.45) is 3.37. The minimum atomic E-state index is 0.0406. The summed E-state index contributed by atoms with van der Waals surface area (Å²) in [6.45, 7) is 3.82. The molecule has 0 spiro atoms. The standard InChI is InChI=1S/C10H18N2O2/c1-7(9-3-2-6-14-9)12-10(13)8-4-5-11-8/h7-9,11H,2-6H2,1H3,(H,12,13)/t7?,8-,9?/m1/s1. The van der Waals surface area contributed by atoms with Crippen molar-refractivity contribution in [1.82, 2.24) is 10.6 Å². The number of amides is 1. The molecule has 0 bridgehead atoms. The van der Waals surface area contributed by atoms with E-state index in [2.05, 4.69) is 10.6 Å². The molecular formula is C10H18N2O2. The Morgan fingerprint density at radius 2 is 2.36 bits per heavy atom. The molecule has 4 nitrogen and oxygen atoms in total. The van der Waals surface area contributed by atoms with Crippen LogP contribution in [0.2, 0.25) is 0 Å². The predicted octanol–water partition coefficient (Wildman–Crippen LogP) is 0.0320. The highest BCUT2D eigenvalue weighted by atomic mass is 16.5. The van der Waals surface area contributed by atoms with Crippen molar-refractivity contribution in [2.75, 3.05) is 13.2 Å². The largest absolute Gasteiger partial charge is 0.376 e. The van der Waals surface area contributed by atoms with Crippen LogP contribution in [0.25, 0.3) is 0 Å². The maximum absolute atomic E-state index is 11.6. The fraction of sp³-hybridized carbons (Fsp3) is 0.900. The Morgan fingerprint density at radius 3 is 2.86 bits per heavy atom. The van der Waals surface area contributed by atoms with Crippen LogP contribution in [0, 0.1) is 0 Å². The van der Waals surface area contributed by atoms with Gasteiger partial charge in [-0.3, -0.25) is 4.79 Å². The van der Waals surface area contributed by atoms with Gasteiger partial charge in [-0.15, -0.1) is 0 Å². The van der Waals surface area contributed by atoms with E-state index in [0.29, 0.717) is 0 Å². The van der Waals surface area contributed by atoms with E-state index < -0.39 is 0 Å². The lowest BCUT2D eigenvalue weighted by atomic mass is 10.0. The molecule has 0 radical (unpaired) electrons. The first kappa shape index (κ1) is 9.93. The molecule has 2 aliphatic rings. The molecule has 0 aromatic carbocycles. The van der Waals surface area contributed by atoms with Crippen LogP contribution in [0.4, 0.5) is 0 Å². The van der Waals surface area contributed by atoms with Gasteiger partial charge in [-0.25, -0.2) is 0 Å². The minimum Gasteiger partial charge on any atom is -0.376 e. The summed E-state index contributed by atoms with van der Waals surface area (Å²) in [5, 5.41) is 6.09. The Kier molecular flexibility index (Phi) is 3.03. The summed E-state index contributed by atoms with van der Waals surface area (Å²) < 4.78 is 5.51. The highest BCUT2D eigenvalue weighted by molar-refractivity contribution is 5.82. The van der Waals surface area contributed by atoms with E-state index in [1.54, 1.807) is 0 Å². The number of hydrogen-bond acceptors (Lipinski definition) is 3. The first-order valence-corrected chi connectivity index (χ1v) is 5.43. The Balaban J connectivity index is 1.74. The molecule has 1 amide bonds. The van der Waals surface area contributed by atoms with Crippen LogP contribution < -0.4 is 10.6 Å². The summed E-state index contributed by atoms with van der Waals surface area (Å²) >= 11 is 0. The Morgan fingerprint density at radius 1 is 1.57 bits per heavy atom. The number of rotatable bonds is 3. The van der Waals surface area contributed by atoms with Crippen molar-refractivity contribution in [1.29, 1.82) is 0 Å². The van der Waals surface area contributed by atoms with Gasteiger partial charge in [0, 0.05) is 6.61 Å². The van der Waals surface area contributed by atoms with Gasteiger partial charge in [0.15, 0.2) is 0 Å². The Bertz CT molecular complexity index is 210. The molecule has 2 heterocycles. The van der Waals surface area contributed by atoms with Gasteiger partial charge in [-0.1, -0.05) is 0 Å². The lowest BCUT2D eigenvalue weighted by Crippen LogP contribution is -2.56. The molecule has 3 atom stereocenters. The van der Waals surface area contributed by atoms with Gasteiger partial charge in [-0.2, -0.15) is 0 Å². The van der Waals surface area contributed by atoms with Gasteiger partial charge in [0.1, 0.15) is 0 Å². The first-order valence-electron chi connectivity index (χ1n) is 5.43. The third-order valence-corrected chi connectivity index (χ3v) is 3.03. The van der Waals surface area contributed by atoms with Gasteiger partial charge in [0.25, 0.3) is 0 Å². The summed E-state index contributed by atoms with van der Waals surface area (Å²) in [5.41, 5.74) is 0. The van der Waals surface area contributed by atoms with E-state index in [1.165, 1.54) is 0 Å². The third-order valence-electron chi connectivity index (χ3n) is 3.03. The maximum atomic E-state index is 11.6. The van der Waals surface area contributed by atoms with Crippen LogP contribution in [0.3, 0.4) is 0 Å². The highest BCUT2D eigenvalue weighted by Gasteiger charge is 2.29. The smallest absolute Gasteiger partial charge is 0.237 e. The Labute approximate surface area is 84.4 Å². The molecule has 0 aliphatic carbocycles. The summed E-state index contributed by atoms with van der Waals surface area (Å²) in [7, 11) is 0. The summed E-state index contributed by atoms with van der Waals surface area (Å²) in [6, 6.07) is 0.186. The molecular weight excluding hydrogens is 180 g/mol. The van der Waals surface area contributed by atoms with Crippen LogP contribution in [0.15, 0.2) is 0 Å². The molecule has 2 unspecified atom stereocenters. The predicted molar refractivity (Wildman–Crippen MR) is 53.0 cm³/mol. The van der Waals surface area contributed by atoms with E-state index >= 15 is 0 Å². The van der Waals surface area contributed by atoms with Crippen molar-refractivity contribution in [2.45, 2.75) is 44.4 Å². The van der Waals surface area contributed by atoms with Crippen molar-refractivity contribution in [3.8, 4) is 0 Å². The van der Waals surface area contributed by atoms with Gasteiger partial charge in [0.05, 0.1) is 18.2 Å². The van der Waals surface area contributed by atoms with Gasteiger partial charge < -0.3 is 15.4 Å². The fourth-order valence-electron chi connectivity index (χ4n) is 1.93. The second kappa shape index (κ2) is 4.28. The highest BCUT2D eigenvalue weighted by Crippen LogP contribution is 2.15. The van der Waals surface area contributed by atoms with E-state index in [9.17, 15) is 4.79 Å². The SMILES string of the molecule is CC(NC(=O)[C@H]1CCN1)C1CCCO1. The van der Waals surface area contributed by atoms with Crippen molar-refractivity contribution in [2.24, 2.45) is 0 Å². The zero-order chi connectivity index (χ0) is 9.97. The number of nitrogens with one attached hydrogen (secondary N) is 2. The maximum Gasteiger partial charge on any atom is 0.237 e. The molecule has 80 valence electrons. The summed E-state index contributed by atoms with van der Waals surface area (Å²) in [5.74, 6) is 0.124. The number of carbonyl (C=O) groups is 1. The quantitative estimate of drug-likeness (QED) is 0.673. The molecule has 2 rings (SSSR count). The average Bonchev–Trinajstić information content (AvgIpc) is 2.51. The monoisotopic (exact) mass is 198 g/mol. The van der Waals surface area contributed by atoms with Crippen LogP contribution >= 0.6 is 0 Å². The van der Waals surface area contributed by atoms with Crippen molar-refractivity contribution >= 4 is 5.91 Å². The molecule has 2 aliphatic heterocycles. The van der Waals surface area contributed by atoms with Crippen molar-refractivity contribution in [3.05, 3.63) is 0 Å². The first-order chi connectivity index (χ1) is 6.77. The van der Waals surface area contributed by atoms with E-state index in [0.717, 1.165) is 32.4 Å². The van der Waals surface area contributed by atoms with Gasteiger partial charge in [-0.05, 0) is 32.7 Å². The zero-order valence-electron chi connectivity index (χ0n) is 8.58. The molecule has 0 aromatic heterocycles. The normalized spacial score (nSPS) is 33.5. The van der Waals surface area contributed by atoms with Crippen LogP contribution in [0.1, 0.15) is 26.2 Å². The lowest BCUT2D eigenvalue weighted by Gasteiger charge is -2.29. The second-order valence-electron chi connectivity index (χ2n) is 4.14. The van der Waals surface area contributed by atoms with Crippen LogP contribution in [-0.2, 0) is 9.53 Å². The number of hydrogen-bond donors (Lipinski definition) is 2. The zero-order valence-corrected chi connectivity index (χ0v) is 8.58. The average molecular weight is 198 g/mol. The molecule has 0 saturated carbocycles. The van der Waals surface area contributed by atoms with Gasteiger partial charge in [0.2, 0.25) is 5.91 Å². The second-order valence-corrected chi connectivity index (χ2v) is 4.14. The van der Waals surface area contributed by atoms with Crippen molar-refractivity contribution in [3.63, 3.8) is 0 Å². The lowest BCUT2D eigenvalue weighted by molar-refractivity contribution is -0.126. The molecule has 2 saturated heterocycles. The van der Waals surface area contributed by atoms with E-state index in [4.69, 9.17) is 4.74 Å². The minimum absolute atomic E-state index is 0.0406. The Hall–Kier alpha value is -0.610. The number of ether oxygens (including phenoxy) is 1. The van der Waals surface area contributed by atoms with Gasteiger partial charge >= 0.3 is 0 Å². The molecule has 14 heavy (non-hydrogen) atoms.